The SMILES string of the molecule is Cc1ccc(-c2ccc(CNC(=O)[C@@H]3C[C@@H](O)CN3C(=O)[C@@H](NC(=O)COc3cccc(-n4cnnc4)c3)C(C)(C)C)cc2)s1. The van der Waals surface area contributed by atoms with E-state index in [9.17, 15) is 19.5 Å². The zero-order chi connectivity index (χ0) is 32.1. The highest BCUT2D eigenvalue weighted by atomic mass is 32.1. The molecule has 0 unspecified atom stereocenters. The van der Waals surface area contributed by atoms with E-state index < -0.39 is 35.4 Å². The number of hydrogen-bond donors (Lipinski definition) is 3. The molecule has 1 fully saturated rings. The van der Waals surface area contributed by atoms with Gasteiger partial charge in [0.1, 0.15) is 30.5 Å². The van der Waals surface area contributed by atoms with Gasteiger partial charge < -0.3 is 25.4 Å². The Labute approximate surface area is 266 Å². The molecule has 1 saturated heterocycles. The van der Waals surface area contributed by atoms with Gasteiger partial charge in [-0.05, 0) is 47.7 Å². The van der Waals surface area contributed by atoms with Gasteiger partial charge in [0.2, 0.25) is 11.8 Å². The lowest BCUT2D eigenvalue weighted by Gasteiger charge is -2.35. The van der Waals surface area contributed by atoms with Crippen molar-refractivity contribution in [1.29, 1.82) is 0 Å². The standard InChI is InChI=1S/C33H38N6O5S/c1-21-8-13-28(45-21)23-11-9-22(10-12-23)16-34-31(42)27-15-25(40)17-39(27)32(43)30(33(2,3)4)37-29(41)18-44-26-7-5-6-24(14-26)38-19-35-36-20-38/h5-14,19-20,25,27,30,40H,15-18H2,1-4H3,(H,34,42)(H,37,41)/t25-,27+,30-/m1/s1. The van der Waals surface area contributed by atoms with Crippen LogP contribution in [0.2, 0.25) is 0 Å². The van der Waals surface area contributed by atoms with Crippen LogP contribution in [0.25, 0.3) is 16.1 Å². The number of hydrogen-bond acceptors (Lipinski definition) is 8. The number of amides is 3. The molecule has 5 rings (SSSR count). The molecule has 236 valence electrons. The smallest absolute Gasteiger partial charge is 0.258 e. The number of benzene rings is 2. The second kappa shape index (κ2) is 13.6. The van der Waals surface area contributed by atoms with E-state index in [1.54, 1.807) is 46.8 Å². The van der Waals surface area contributed by atoms with Crippen LogP contribution < -0.4 is 15.4 Å². The lowest BCUT2D eigenvalue weighted by Crippen LogP contribution is -2.58. The van der Waals surface area contributed by atoms with E-state index in [-0.39, 0.29) is 32.0 Å². The number of rotatable bonds is 10. The molecule has 0 radical (unpaired) electrons. The normalized spacial score (nSPS) is 17.1. The maximum absolute atomic E-state index is 13.9. The molecule has 0 spiro atoms. The Bertz CT molecular complexity index is 1630. The van der Waals surface area contributed by atoms with Crippen molar-refractivity contribution in [1.82, 2.24) is 30.3 Å². The fourth-order valence-corrected chi connectivity index (χ4v) is 6.10. The third-order valence-corrected chi connectivity index (χ3v) is 8.68. The Morgan fingerprint density at radius 3 is 2.47 bits per heavy atom. The molecule has 2 aromatic carbocycles. The topological polar surface area (TPSA) is 139 Å². The number of β-amino-alcohol motifs (C(OH)–C–C–N with tert-alkyl or cyclic N) is 1. The average molecular weight is 631 g/mol. The molecule has 3 N–H and O–H groups in total. The summed E-state index contributed by atoms with van der Waals surface area (Å²) in [7, 11) is 0. The molecular formula is C33H38N6O5S. The maximum Gasteiger partial charge on any atom is 0.258 e. The molecule has 1 aliphatic heterocycles. The van der Waals surface area contributed by atoms with Crippen LogP contribution in [0.4, 0.5) is 0 Å². The molecule has 45 heavy (non-hydrogen) atoms. The lowest BCUT2D eigenvalue weighted by atomic mass is 9.85. The molecule has 12 heteroatoms. The summed E-state index contributed by atoms with van der Waals surface area (Å²) in [6.07, 6.45) is 2.37. The molecule has 3 amide bonds. The number of nitrogens with one attached hydrogen (secondary N) is 2. The number of carbonyl (C=O) groups is 3. The molecule has 0 bridgehead atoms. The maximum atomic E-state index is 13.9. The molecule has 1 aliphatic rings. The van der Waals surface area contributed by atoms with E-state index in [1.807, 2.05) is 51.1 Å². The van der Waals surface area contributed by atoms with Crippen molar-refractivity contribution in [3.05, 3.63) is 83.8 Å². The van der Waals surface area contributed by atoms with Gasteiger partial charge in [0, 0.05) is 35.3 Å². The van der Waals surface area contributed by atoms with Crippen LogP contribution in [-0.4, -0.2) is 73.8 Å². The Kier molecular flexibility index (Phi) is 9.64. The highest BCUT2D eigenvalue weighted by Crippen LogP contribution is 2.28. The zero-order valence-electron chi connectivity index (χ0n) is 25.8. The highest BCUT2D eigenvalue weighted by molar-refractivity contribution is 7.15. The van der Waals surface area contributed by atoms with Gasteiger partial charge in [0.25, 0.3) is 5.91 Å². The third kappa shape index (κ3) is 7.95. The number of aliphatic hydroxyl groups is 1. The quantitative estimate of drug-likeness (QED) is 0.244. The summed E-state index contributed by atoms with van der Waals surface area (Å²) >= 11 is 1.73. The fourth-order valence-electron chi connectivity index (χ4n) is 5.22. The van der Waals surface area contributed by atoms with Gasteiger partial charge in [-0.2, -0.15) is 0 Å². The van der Waals surface area contributed by atoms with Crippen LogP contribution in [0.5, 0.6) is 5.75 Å². The molecular weight excluding hydrogens is 592 g/mol. The van der Waals surface area contributed by atoms with Gasteiger partial charge >= 0.3 is 0 Å². The van der Waals surface area contributed by atoms with Crippen LogP contribution in [0, 0.1) is 12.3 Å². The number of aromatic nitrogens is 3. The minimum Gasteiger partial charge on any atom is -0.484 e. The summed E-state index contributed by atoms with van der Waals surface area (Å²) in [6, 6.07) is 17.5. The molecule has 3 atom stereocenters. The number of thiophene rings is 1. The third-order valence-electron chi connectivity index (χ3n) is 7.63. The van der Waals surface area contributed by atoms with Crippen LogP contribution in [-0.2, 0) is 20.9 Å². The first-order valence-corrected chi connectivity index (χ1v) is 15.6. The molecule has 0 saturated carbocycles. The van der Waals surface area contributed by atoms with E-state index in [2.05, 4.69) is 39.9 Å². The van der Waals surface area contributed by atoms with Crippen molar-refractivity contribution in [2.75, 3.05) is 13.2 Å². The first-order valence-electron chi connectivity index (χ1n) is 14.8. The van der Waals surface area contributed by atoms with E-state index in [1.165, 1.54) is 14.7 Å². The number of carbonyl (C=O) groups excluding carboxylic acids is 3. The number of ether oxygens (including phenoxy) is 1. The van der Waals surface area contributed by atoms with Crippen molar-refractivity contribution in [2.24, 2.45) is 5.41 Å². The molecule has 3 heterocycles. The van der Waals surface area contributed by atoms with Crippen molar-refractivity contribution < 1.29 is 24.2 Å². The first kappa shape index (κ1) is 31.9. The summed E-state index contributed by atoms with van der Waals surface area (Å²) < 4.78 is 7.42. The largest absolute Gasteiger partial charge is 0.484 e. The zero-order valence-corrected chi connectivity index (χ0v) is 26.6. The predicted octanol–water partition coefficient (Wildman–Crippen LogP) is 3.49. The monoisotopic (exact) mass is 630 g/mol. The Morgan fingerprint density at radius 2 is 1.80 bits per heavy atom. The summed E-state index contributed by atoms with van der Waals surface area (Å²) in [5, 5.41) is 23.8. The summed E-state index contributed by atoms with van der Waals surface area (Å²) in [4.78, 5) is 44.0. The van der Waals surface area contributed by atoms with E-state index >= 15 is 0 Å². The summed E-state index contributed by atoms with van der Waals surface area (Å²) in [6.45, 7) is 7.55. The van der Waals surface area contributed by atoms with Crippen molar-refractivity contribution in [3.63, 3.8) is 0 Å². The number of aryl methyl sites for hydroxylation is 1. The predicted molar refractivity (Wildman–Crippen MR) is 171 cm³/mol. The van der Waals surface area contributed by atoms with Crippen LogP contribution >= 0.6 is 11.3 Å². The van der Waals surface area contributed by atoms with E-state index in [4.69, 9.17) is 4.74 Å². The van der Waals surface area contributed by atoms with Gasteiger partial charge in [-0.25, -0.2) is 0 Å². The van der Waals surface area contributed by atoms with Crippen molar-refractivity contribution in [2.45, 2.75) is 58.8 Å². The fraction of sp³-hybridized carbons (Fsp3) is 0.364. The van der Waals surface area contributed by atoms with Gasteiger partial charge in [-0.3, -0.25) is 19.0 Å². The number of aliphatic hydroxyl groups excluding tert-OH is 1. The number of likely N-dealkylation sites (tertiary alicyclic amines) is 1. The minimum atomic E-state index is -0.953. The highest BCUT2D eigenvalue weighted by Gasteiger charge is 2.44. The Balaban J connectivity index is 1.19. The van der Waals surface area contributed by atoms with Gasteiger partial charge in [0.15, 0.2) is 6.61 Å². The van der Waals surface area contributed by atoms with E-state index in [0.29, 0.717) is 5.75 Å². The molecule has 11 nitrogen and oxygen atoms in total. The Morgan fingerprint density at radius 1 is 1.07 bits per heavy atom. The second-order valence-electron chi connectivity index (χ2n) is 12.2. The number of nitrogens with zero attached hydrogens (tertiary/aromatic N) is 4. The molecule has 2 aromatic heterocycles. The van der Waals surface area contributed by atoms with Crippen molar-refractivity contribution in [3.8, 4) is 21.9 Å². The Hall–Kier alpha value is -4.55. The summed E-state index contributed by atoms with van der Waals surface area (Å²) in [5.41, 5.74) is 2.12. The van der Waals surface area contributed by atoms with E-state index in [0.717, 1.165) is 16.8 Å². The van der Waals surface area contributed by atoms with Crippen LogP contribution in [0.15, 0.2) is 73.3 Å². The van der Waals surface area contributed by atoms with Crippen LogP contribution in [0.3, 0.4) is 0 Å². The molecule has 0 aliphatic carbocycles. The average Bonchev–Trinajstić information content (AvgIpc) is 3.79. The van der Waals surface area contributed by atoms with Gasteiger partial charge in [-0.15, -0.1) is 21.5 Å². The van der Waals surface area contributed by atoms with Gasteiger partial charge in [-0.1, -0.05) is 51.1 Å². The van der Waals surface area contributed by atoms with Crippen LogP contribution in [0.1, 0.15) is 37.6 Å². The summed E-state index contributed by atoms with van der Waals surface area (Å²) in [5.74, 6) is -0.809. The van der Waals surface area contributed by atoms with Gasteiger partial charge in [0.05, 0.1) is 11.8 Å². The lowest BCUT2D eigenvalue weighted by molar-refractivity contribution is -0.144. The first-order chi connectivity index (χ1) is 21.5. The second-order valence-corrected chi connectivity index (χ2v) is 13.5. The molecule has 4 aromatic rings. The van der Waals surface area contributed by atoms with Crippen molar-refractivity contribution >= 4 is 29.1 Å². The minimum absolute atomic E-state index is 0.000692.